The molecule has 1 aliphatic rings. The van der Waals surface area contributed by atoms with Gasteiger partial charge in [0.15, 0.2) is 0 Å². The van der Waals surface area contributed by atoms with Crippen molar-refractivity contribution in [1.82, 2.24) is 19.7 Å². The third-order valence-corrected chi connectivity index (χ3v) is 3.75. The molecular formula is C15H18N4O. The van der Waals surface area contributed by atoms with Crippen molar-refractivity contribution in [3.05, 3.63) is 48.0 Å². The van der Waals surface area contributed by atoms with Crippen LogP contribution in [-0.2, 0) is 7.05 Å². The maximum Gasteiger partial charge on any atom is 0.274 e. The lowest BCUT2D eigenvalue weighted by Crippen LogP contribution is -2.39. The average Bonchev–Trinajstić information content (AvgIpc) is 2.94. The topological polar surface area (TPSA) is 51.0 Å². The Hall–Kier alpha value is -2.17. The number of pyridine rings is 1. The molecule has 3 heterocycles. The first kappa shape index (κ1) is 12.8. The van der Waals surface area contributed by atoms with Gasteiger partial charge in [0, 0.05) is 44.1 Å². The summed E-state index contributed by atoms with van der Waals surface area (Å²) in [5, 5.41) is 4.19. The minimum atomic E-state index is 0.0197. The van der Waals surface area contributed by atoms with Crippen LogP contribution in [0.2, 0.25) is 0 Å². The number of aryl methyl sites for hydroxylation is 1. The number of aromatic nitrogens is 3. The van der Waals surface area contributed by atoms with E-state index in [2.05, 4.69) is 10.1 Å². The Morgan fingerprint density at radius 2 is 2.25 bits per heavy atom. The highest BCUT2D eigenvalue weighted by Crippen LogP contribution is 2.26. The van der Waals surface area contributed by atoms with Crippen LogP contribution in [0.5, 0.6) is 0 Å². The molecule has 0 saturated carbocycles. The molecule has 3 rings (SSSR count). The van der Waals surface area contributed by atoms with Gasteiger partial charge in [-0.2, -0.15) is 5.10 Å². The minimum absolute atomic E-state index is 0.0197. The smallest absolute Gasteiger partial charge is 0.274 e. The van der Waals surface area contributed by atoms with Gasteiger partial charge >= 0.3 is 0 Å². The molecule has 2 aromatic rings. The quantitative estimate of drug-likeness (QED) is 0.836. The van der Waals surface area contributed by atoms with E-state index in [4.69, 9.17) is 0 Å². The van der Waals surface area contributed by atoms with Gasteiger partial charge in [-0.05, 0) is 31.0 Å². The monoisotopic (exact) mass is 270 g/mol. The zero-order valence-electron chi connectivity index (χ0n) is 11.6. The van der Waals surface area contributed by atoms with E-state index in [0.717, 1.165) is 31.6 Å². The van der Waals surface area contributed by atoms with E-state index in [9.17, 15) is 4.79 Å². The van der Waals surface area contributed by atoms with Gasteiger partial charge in [-0.25, -0.2) is 0 Å². The molecule has 1 fully saturated rings. The van der Waals surface area contributed by atoms with Gasteiger partial charge in [0.2, 0.25) is 0 Å². The number of rotatable bonds is 2. The Labute approximate surface area is 118 Å². The second-order valence-corrected chi connectivity index (χ2v) is 5.22. The van der Waals surface area contributed by atoms with E-state index in [-0.39, 0.29) is 5.91 Å². The number of likely N-dealkylation sites (tertiary alicyclic amines) is 1. The van der Waals surface area contributed by atoms with E-state index in [0.29, 0.717) is 11.6 Å². The Balaban J connectivity index is 1.74. The van der Waals surface area contributed by atoms with Crippen LogP contribution in [0.3, 0.4) is 0 Å². The van der Waals surface area contributed by atoms with Crippen LogP contribution in [0.4, 0.5) is 0 Å². The van der Waals surface area contributed by atoms with Crippen molar-refractivity contribution in [2.75, 3.05) is 13.1 Å². The predicted molar refractivity (Wildman–Crippen MR) is 75.3 cm³/mol. The van der Waals surface area contributed by atoms with Crippen molar-refractivity contribution in [1.29, 1.82) is 0 Å². The van der Waals surface area contributed by atoms with Crippen LogP contribution in [0.25, 0.3) is 0 Å². The summed E-state index contributed by atoms with van der Waals surface area (Å²) in [5.41, 5.74) is 1.60. The molecule has 1 atom stereocenters. The number of hydrogen-bond acceptors (Lipinski definition) is 3. The molecule has 0 radical (unpaired) electrons. The summed E-state index contributed by atoms with van der Waals surface area (Å²) < 4.78 is 1.66. The number of carbonyl (C=O) groups excluding carboxylic acids is 1. The lowest BCUT2D eigenvalue weighted by atomic mass is 9.94. The third kappa shape index (κ3) is 2.57. The van der Waals surface area contributed by atoms with Gasteiger partial charge in [0.1, 0.15) is 5.69 Å². The molecule has 0 aromatic carbocycles. The molecule has 2 aromatic heterocycles. The summed E-state index contributed by atoms with van der Waals surface area (Å²) in [6, 6.07) is 7.73. The zero-order valence-corrected chi connectivity index (χ0v) is 11.6. The first-order valence-electron chi connectivity index (χ1n) is 6.94. The van der Waals surface area contributed by atoms with Gasteiger partial charge in [-0.3, -0.25) is 14.5 Å². The molecule has 0 spiro atoms. The fraction of sp³-hybridized carbons (Fsp3) is 0.400. The van der Waals surface area contributed by atoms with Gasteiger partial charge < -0.3 is 4.90 Å². The van der Waals surface area contributed by atoms with Crippen LogP contribution in [0, 0.1) is 0 Å². The molecule has 1 aliphatic heterocycles. The predicted octanol–water partition coefficient (Wildman–Crippen LogP) is 1.83. The fourth-order valence-electron chi connectivity index (χ4n) is 2.71. The SMILES string of the molecule is Cn1ccc(C(=O)N2CCC[C@@H](c3ccccn3)C2)n1. The van der Waals surface area contributed by atoms with Crippen LogP contribution in [0.15, 0.2) is 36.7 Å². The van der Waals surface area contributed by atoms with Crippen molar-refractivity contribution in [3.63, 3.8) is 0 Å². The summed E-state index contributed by atoms with van der Waals surface area (Å²) in [5.74, 6) is 0.351. The maximum atomic E-state index is 12.4. The van der Waals surface area contributed by atoms with Crippen molar-refractivity contribution in [2.45, 2.75) is 18.8 Å². The Morgan fingerprint density at radius 1 is 1.35 bits per heavy atom. The second-order valence-electron chi connectivity index (χ2n) is 5.22. The van der Waals surface area contributed by atoms with Crippen molar-refractivity contribution >= 4 is 5.91 Å². The van der Waals surface area contributed by atoms with Gasteiger partial charge in [-0.1, -0.05) is 6.07 Å². The molecule has 20 heavy (non-hydrogen) atoms. The van der Waals surface area contributed by atoms with E-state index in [1.54, 1.807) is 16.9 Å². The van der Waals surface area contributed by atoms with Crippen LogP contribution >= 0.6 is 0 Å². The lowest BCUT2D eigenvalue weighted by molar-refractivity contribution is 0.0699. The minimum Gasteiger partial charge on any atom is -0.337 e. The van der Waals surface area contributed by atoms with Crippen LogP contribution in [-0.4, -0.2) is 38.7 Å². The molecule has 104 valence electrons. The summed E-state index contributed by atoms with van der Waals surface area (Å²) in [6.45, 7) is 1.53. The molecule has 0 bridgehead atoms. The fourth-order valence-corrected chi connectivity index (χ4v) is 2.71. The third-order valence-electron chi connectivity index (χ3n) is 3.75. The molecule has 5 heteroatoms. The lowest BCUT2D eigenvalue weighted by Gasteiger charge is -2.32. The molecule has 1 amide bonds. The van der Waals surface area contributed by atoms with Crippen molar-refractivity contribution < 1.29 is 4.79 Å². The Bertz CT molecular complexity index is 593. The van der Waals surface area contributed by atoms with Crippen molar-refractivity contribution in [3.8, 4) is 0 Å². The maximum absolute atomic E-state index is 12.4. The van der Waals surface area contributed by atoms with Crippen LogP contribution < -0.4 is 0 Å². The molecule has 0 aliphatic carbocycles. The second kappa shape index (κ2) is 5.45. The number of amides is 1. The molecule has 1 saturated heterocycles. The van der Waals surface area contributed by atoms with E-state index < -0.39 is 0 Å². The van der Waals surface area contributed by atoms with E-state index in [1.807, 2.05) is 36.3 Å². The van der Waals surface area contributed by atoms with Gasteiger partial charge in [0.05, 0.1) is 0 Å². The summed E-state index contributed by atoms with van der Waals surface area (Å²) in [4.78, 5) is 18.7. The standard InChI is InChI=1S/C15H18N4O/c1-18-10-7-14(17-18)15(20)19-9-4-5-12(11-19)13-6-2-3-8-16-13/h2-3,6-8,10,12H,4-5,9,11H2,1H3/t12-/m1/s1. The largest absolute Gasteiger partial charge is 0.337 e. The summed E-state index contributed by atoms with van der Waals surface area (Å²) in [6.07, 6.45) is 5.71. The summed E-state index contributed by atoms with van der Waals surface area (Å²) in [7, 11) is 1.82. The first-order valence-corrected chi connectivity index (χ1v) is 6.94. The first-order chi connectivity index (χ1) is 9.74. The van der Waals surface area contributed by atoms with E-state index in [1.165, 1.54) is 0 Å². The van der Waals surface area contributed by atoms with Crippen LogP contribution in [0.1, 0.15) is 34.9 Å². The molecular weight excluding hydrogens is 252 g/mol. The highest BCUT2D eigenvalue weighted by atomic mass is 16.2. The Kier molecular flexibility index (Phi) is 3.50. The highest BCUT2D eigenvalue weighted by molar-refractivity contribution is 5.92. The molecule has 0 N–H and O–H groups in total. The number of piperidine rings is 1. The molecule has 0 unspecified atom stereocenters. The van der Waals surface area contributed by atoms with Crippen molar-refractivity contribution in [2.24, 2.45) is 7.05 Å². The number of hydrogen-bond donors (Lipinski definition) is 0. The normalized spacial score (nSPS) is 19.1. The number of nitrogens with zero attached hydrogens (tertiary/aromatic N) is 4. The van der Waals surface area contributed by atoms with Gasteiger partial charge in [0.25, 0.3) is 5.91 Å². The zero-order chi connectivity index (χ0) is 13.9. The van der Waals surface area contributed by atoms with Gasteiger partial charge in [-0.15, -0.1) is 0 Å². The molecule has 5 nitrogen and oxygen atoms in total. The van der Waals surface area contributed by atoms with E-state index >= 15 is 0 Å². The average molecular weight is 270 g/mol. The summed E-state index contributed by atoms with van der Waals surface area (Å²) >= 11 is 0. The number of carbonyl (C=O) groups is 1. The Morgan fingerprint density at radius 3 is 2.95 bits per heavy atom. The highest BCUT2D eigenvalue weighted by Gasteiger charge is 2.27.